The summed E-state index contributed by atoms with van der Waals surface area (Å²) in [6, 6.07) is 37.8. The van der Waals surface area contributed by atoms with Crippen molar-refractivity contribution in [2.45, 2.75) is 6.61 Å². The molecule has 44 heavy (non-hydrogen) atoms. The van der Waals surface area contributed by atoms with E-state index in [4.69, 9.17) is 9.84 Å². The summed E-state index contributed by atoms with van der Waals surface area (Å²) in [5, 5.41) is 20.6. The molecule has 0 spiro atoms. The number of ether oxygens (including phenoxy) is 1. The van der Waals surface area contributed by atoms with Crippen LogP contribution in [0.3, 0.4) is 0 Å². The first-order chi connectivity index (χ1) is 21.8. The Hall–Kier alpha value is -5.87. The van der Waals surface area contributed by atoms with Gasteiger partial charge in [-0.05, 0) is 48.5 Å². The van der Waals surface area contributed by atoms with Gasteiger partial charge in [-0.15, -0.1) is 16.4 Å². The maximum absolute atomic E-state index is 6.00. The van der Waals surface area contributed by atoms with Crippen LogP contribution in [0.25, 0.3) is 33.9 Å². The topological polar surface area (TPSA) is 95.0 Å². The Labute approximate surface area is 257 Å². The molecule has 0 saturated heterocycles. The Bertz CT molecular complexity index is 1980. The maximum Gasteiger partial charge on any atom is 0.203 e. The second kappa shape index (κ2) is 12.6. The Morgan fingerprint density at radius 3 is 2.16 bits per heavy atom. The molecule has 0 unspecified atom stereocenters. The van der Waals surface area contributed by atoms with E-state index >= 15 is 0 Å². The summed E-state index contributed by atoms with van der Waals surface area (Å²) in [6.07, 6.45) is 5.60. The van der Waals surface area contributed by atoms with Gasteiger partial charge in [0.15, 0.2) is 0 Å². The smallest absolute Gasteiger partial charge is 0.203 e. The number of nitrogens with one attached hydrogen (secondary N) is 1. The average molecular weight is 595 g/mol. The Morgan fingerprint density at radius 2 is 1.43 bits per heavy atom. The first-order valence-electron chi connectivity index (χ1n) is 13.9. The number of hydrogen-bond acceptors (Lipinski definition) is 8. The van der Waals surface area contributed by atoms with Crippen LogP contribution >= 0.6 is 11.3 Å². The van der Waals surface area contributed by atoms with Crippen molar-refractivity contribution in [3.8, 4) is 39.6 Å². The van der Waals surface area contributed by atoms with Crippen LogP contribution in [-0.2, 0) is 6.61 Å². The van der Waals surface area contributed by atoms with Crippen molar-refractivity contribution >= 4 is 22.7 Å². The van der Waals surface area contributed by atoms with Crippen molar-refractivity contribution in [2.24, 2.45) is 5.10 Å². The molecule has 1 N–H and O–H groups in total. The fourth-order valence-corrected chi connectivity index (χ4v) is 5.25. The molecule has 0 bridgehead atoms. The molecule has 0 aliphatic heterocycles. The van der Waals surface area contributed by atoms with E-state index in [1.165, 1.54) is 11.3 Å². The number of thiazole rings is 1. The lowest BCUT2D eigenvalue weighted by molar-refractivity contribution is 0.301. The molecule has 4 aromatic carbocycles. The summed E-state index contributed by atoms with van der Waals surface area (Å²) in [5.41, 5.74) is 10.3. The van der Waals surface area contributed by atoms with E-state index in [9.17, 15) is 0 Å². The number of hydrazone groups is 1. The summed E-state index contributed by atoms with van der Waals surface area (Å²) in [7, 11) is 0. The van der Waals surface area contributed by atoms with Crippen LogP contribution in [0.5, 0.6) is 5.75 Å². The van der Waals surface area contributed by atoms with Crippen molar-refractivity contribution in [1.82, 2.24) is 29.8 Å². The fraction of sp³-hybridized carbons (Fsp3) is 0.0294. The van der Waals surface area contributed by atoms with Crippen molar-refractivity contribution in [1.29, 1.82) is 0 Å². The van der Waals surface area contributed by atoms with Gasteiger partial charge in [0.05, 0.1) is 29.5 Å². The van der Waals surface area contributed by atoms with Crippen LogP contribution in [0.2, 0.25) is 0 Å². The summed E-state index contributed by atoms with van der Waals surface area (Å²) in [6.45, 7) is 0.307. The first-order valence-corrected chi connectivity index (χ1v) is 14.8. The number of aromatic nitrogens is 6. The van der Waals surface area contributed by atoms with Gasteiger partial charge in [-0.3, -0.25) is 5.43 Å². The highest BCUT2D eigenvalue weighted by molar-refractivity contribution is 7.14. The summed E-state index contributed by atoms with van der Waals surface area (Å²) in [4.78, 5) is 4.66. The number of hydrogen-bond donors (Lipinski definition) is 1. The number of para-hydroxylation sites is 2. The summed E-state index contributed by atoms with van der Waals surface area (Å²) < 4.78 is 9.59. The molecule has 0 saturated carbocycles. The molecular formula is C34H26N8OS. The third kappa shape index (κ3) is 6.15. The SMILES string of the molecule is C(=NNc1nc(-c2ccccc2)cs1)c1cn(-c2ccccc2)nc1-c1ccc(OCc2cn(-c3ccccc3)nn2)cc1. The first kappa shape index (κ1) is 27.0. The van der Waals surface area contributed by atoms with Gasteiger partial charge in [0.25, 0.3) is 0 Å². The van der Waals surface area contributed by atoms with Gasteiger partial charge in [0.1, 0.15) is 23.7 Å². The Kier molecular flexibility index (Phi) is 7.70. The molecular weight excluding hydrogens is 568 g/mol. The predicted octanol–water partition coefficient (Wildman–Crippen LogP) is 7.27. The summed E-state index contributed by atoms with van der Waals surface area (Å²) >= 11 is 1.51. The summed E-state index contributed by atoms with van der Waals surface area (Å²) in [5.74, 6) is 0.723. The van der Waals surface area contributed by atoms with Crippen molar-refractivity contribution in [2.75, 3.05) is 5.43 Å². The molecule has 10 heteroatoms. The minimum Gasteiger partial charge on any atom is -0.487 e. The fourth-order valence-electron chi connectivity index (χ4n) is 4.58. The largest absolute Gasteiger partial charge is 0.487 e. The zero-order valence-corrected chi connectivity index (χ0v) is 24.2. The molecule has 0 atom stereocenters. The van der Waals surface area contributed by atoms with Crippen molar-refractivity contribution in [3.63, 3.8) is 0 Å². The van der Waals surface area contributed by atoms with E-state index in [0.717, 1.165) is 50.9 Å². The lowest BCUT2D eigenvalue weighted by Gasteiger charge is -2.05. The van der Waals surface area contributed by atoms with Gasteiger partial charge < -0.3 is 4.74 Å². The van der Waals surface area contributed by atoms with Crippen LogP contribution in [-0.4, -0.2) is 36.0 Å². The van der Waals surface area contributed by atoms with Gasteiger partial charge in [-0.25, -0.2) is 14.3 Å². The highest BCUT2D eigenvalue weighted by atomic mass is 32.1. The van der Waals surface area contributed by atoms with Crippen LogP contribution in [0, 0.1) is 0 Å². The monoisotopic (exact) mass is 594 g/mol. The van der Waals surface area contributed by atoms with Gasteiger partial charge in [-0.1, -0.05) is 71.9 Å². The van der Waals surface area contributed by atoms with E-state index in [1.54, 1.807) is 10.9 Å². The van der Waals surface area contributed by atoms with Crippen molar-refractivity contribution < 1.29 is 4.74 Å². The maximum atomic E-state index is 6.00. The zero-order chi connectivity index (χ0) is 29.6. The van der Waals surface area contributed by atoms with E-state index in [0.29, 0.717) is 11.7 Å². The van der Waals surface area contributed by atoms with E-state index in [2.05, 4.69) is 25.8 Å². The lowest BCUT2D eigenvalue weighted by atomic mass is 10.1. The van der Waals surface area contributed by atoms with Crippen LogP contribution in [0.1, 0.15) is 11.3 Å². The molecule has 0 radical (unpaired) electrons. The third-order valence-electron chi connectivity index (χ3n) is 6.78. The number of anilines is 1. The third-order valence-corrected chi connectivity index (χ3v) is 7.52. The molecule has 3 heterocycles. The molecule has 214 valence electrons. The second-order valence-corrected chi connectivity index (χ2v) is 10.6. The van der Waals surface area contributed by atoms with Crippen LogP contribution < -0.4 is 10.2 Å². The minimum absolute atomic E-state index is 0.307. The molecule has 7 aromatic rings. The Balaban J connectivity index is 1.07. The standard InChI is InChI=1S/C34H26N8OS/c1-4-10-25(11-5-1)32-24-44-34(36-32)38-35-20-27-21-41(29-12-6-2-7-13-29)39-33(27)26-16-18-31(19-17-26)43-23-28-22-42(40-37-28)30-14-8-3-9-15-30/h1-22,24H,23H2,(H,36,38). The Morgan fingerprint density at radius 1 is 0.750 bits per heavy atom. The molecule has 0 aliphatic carbocycles. The average Bonchev–Trinajstić information content (AvgIpc) is 3.86. The van der Waals surface area contributed by atoms with Gasteiger partial charge >= 0.3 is 0 Å². The molecule has 9 nitrogen and oxygen atoms in total. The quantitative estimate of drug-likeness (QED) is 0.132. The minimum atomic E-state index is 0.307. The predicted molar refractivity (Wildman–Crippen MR) is 173 cm³/mol. The zero-order valence-electron chi connectivity index (χ0n) is 23.4. The number of benzene rings is 4. The number of nitrogens with zero attached hydrogens (tertiary/aromatic N) is 7. The molecule has 3 aromatic heterocycles. The second-order valence-electron chi connectivity index (χ2n) is 9.79. The van der Waals surface area contributed by atoms with E-state index < -0.39 is 0 Å². The molecule has 0 fully saturated rings. The highest BCUT2D eigenvalue weighted by Gasteiger charge is 2.12. The van der Waals surface area contributed by atoms with Crippen LogP contribution in [0.15, 0.2) is 138 Å². The normalized spacial score (nSPS) is 11.2. The van der Waals surface area contributed by atoms with Gasteiger partial charge in [0.2, 0.25) is 5.13 Å². The number of rotatable bonds is 10. The van der Waals surface area contributed by atoms with Crippen LogP contribution in [0.4, 0.5) is 5.13 Å². The molecule has 0 amide bonds. The van der Waals surface area contributed by atoms with Crippen molar-refractivity contribution in [3.05, 3.63) is 144 Å². The molecule has 0 aliphatic rings. The van der Waals surface area contributed by atoms with E-state index in [1.807, 2.05) is 138 Å². The highest BCUT2D eigenvalue weighted by Crippen LogP contribution is 2.27. The van der Waals surface area contributed by atoms with Gasteiger partial charge in [0, 0.05) is 28.3 Å². The van der Waals surface area contributed by atoms with Gasteiger partial charge in [-0.2, -0.15) is 10.2 Å². The molecule has 7 rings (SSSR count). The lowest BCUT2D eigenvalue weighted by Crippen LogP contribution is -1.96. The van der Waals surface area contributed by atoms with E-state index in [-0.39, 0.29) is 0 Å².